The largest absolute Gasteiger partial charge is 0.496 e. The molecule has 0 bridgehead atoms. The Morgan fingerprint density at radius 1 is 1.04 bits per heavy atom. The zero-order valence-corrected chi connectivity index (χ0v) is 28.2. The van der Waals surface area contributed by atoms with E-state index in [1.165, 1.54) is 68.0 Å². The van der Waals surface area contributed by atoms with E-state index in [4.69, 9.17) is 9.47 Å². The van der Waals surface area contributed by atoms with Gasteiger partial charge < -0.3 is 24.8 Å². The van der Waals surface area contributed by atoms with Crippen LogP contribution in [0, 0.1) is 24.6 Å². The molecule has 2 atom stereocenters. The third-order valence-corrected chi connectivity index (χ3v) is 8.58. The molecule has 0 spiro atoms. The number of amides is 2. The number of fused-ring (bicyclic) bond motifs is 2. The number of hydrogen-bond acceptors (Lipinski definition) is 7. The maximum atomic E-state index is 14.8. The van der Waals surface area contributed by atoms with Crippen LogP contribution in [0.15, 0.2) is 48.5 Å². The summed E-state index contributed by atoms with van der Waals surface area (Å²) in [6.45, 7) is 9.55. The number of nitrogens with zero attached hydrogens (tertiary/aromatic N) is 1. The monoisotopic (exact) mass is 671 g/mol. The van der Waals surface area contributed by atoms with E-state index in [0.717, 1.165) is 29.5 Å². The van der Waals surface area contributed by atoms with Crippen molar-refractivity contribution in [3.8, 4) is 11.5 Å². The molecule has 0 aliphatic carbocycles. The SMILES string of the molecule is CCCC(C)CC(C)COC.COc1ccc2nc(C)sc2c1C(=O)Nc1cccc(F)c1C(=O)Nc1ccc2c(c1)OC(F)(F)C2. The first-order valence-corrected chi connectivity index (χ1v) is 16.2. The number of ether oxygens (including phenoxy) is 3. The minimum atomic E-state index is -3.32. The van der Waals surface area contributed by atoms with E-state index in [9.17, 15) is 22.8 Å². The van der Waals surface area contributed by atoms with E-state index in [1.807, 2.05) is 0 Å². The number of rotatable bonds is 11. The lowest BCUT2D eigenvalue weighted by Gasteiger charge is -2.15. The van der Waals surface area contributed by atoms with E-state index in [-0.39, 0.29) is 22.7 Å². The van der Waals surface area contributed by atoms with Crippen LogP contribution in [0.3, 0.4) is 0 Å². The summed E-state index contributed by atoms with van der Waals surface area (Å²) >= 11 is 1.30. The normalized spacial score (nSPS) is 14.3. The number of carbonyl (C=O) groups is 2. The molecule has 1 aliphatic heterocycles. The number of aromatic nitrogens is 1. The van der Waals surface area contributed by atoms with Crippen molar-refractivity contribution in [1.82, 2.24) is 4.98 Å². The molecule has 5 rings (SSSR count). The second kappa shape index (κ2) is 15.6. The third-order valence-electron chi connectivity index (χ3n) is 7.58. The molecule has 2 amide bonds. The first-order chi connectivity index (χ1) is 22.3. The molecule has 252 valence electrons. The number of carbonyl (C=O) groups excluding carboxylic acids is 2. The average Bonchev–Trinajstić information content (AvgIpc) is 3.53. The molecule has 2 heterocycles. The van der Waals surface area contributed by atoms with Gasteiger partial charge in [0.2, 0.25) is 0 Å². The van der Waals surface area contributed by atoms with Crippen LogP contribution in [-0.4, -0.2) is 43.7 Å². The van der Waals surface area contributed by atoms with Gasteiger partial charge in [-0.15, -0.1) is 11.3 Å². The molecule has 2 N–H and O–H groups in total. The Morgan fingerprint density at radius 2 is 1.79 bits per heavy atom. The van der Waals surface area contributed by atoms with Crippen molar-refractivity contribution < 1.29 is 37.0 Å². The minimum Gasteiger partial charge on any atom is -0.496 e. The minimum absolute atomic E-state index is 0.0695. The maximum absolute atomic E-state index is 14.8. The van der Waals surface area contributed by atoms with Crippen LogP contribution < -0.4 is 20.1 Å². The van der Waals surface area contributed by atoms with Crippen LogP contribution in [0.5, 0.6) is 11.5 Å². The Hall–Kier alpha value is -4.16. The number of hydrogen-bond donors (Lipinski definition) is 2. The highest BCUT2D eigenvalue weighted by Crippen LogP contribution is 2.39. The lowest BCUT2D eigenvalue weighted by atomic mass is 9.94. The van der Waals surface area contributed by atoms with Gasteiger partial charge in [0.1, 0.15) is 22.9 Å². The van der Waals surface area contributed by atoms with Gasteiger partial charge in [0.05, 0.1) is 40.0 Å². The van der Waals surface area contributed by atoms with E-state index in [1.54, 1.807) is 26.2 Å². The number of alkyl halides is 2. The van der Waals surface area contributed by atoms with E-state index < -0.39 is 35.7 Å². The number of thiazole rings is 1. The van der Waals surface area contributed by atoms with Crippen molar-refractivity contribution in [2.24, 2.45) is 11.8 Å². The summed E-state index contributed by atoms with van der Waals surface area (Å²) in [6, 6.07) is 11.2. The number of benzene rings is 3. The third kappa shape index (κ3) is 9.01. The highest BCUT2D eigenvalue weighted by molar-refractivity contribution is 7.19. The second-order valence-corrected chi connectivity index (χ2v) is 12.9. The fourth-order valence-corrected chi connectivity index (χ4v) is 6.60. The van der Waals surface area contributed by atoms with Crippen molar-refractivity contribution in [3.63, 3.8) is 0 Å². The van der Waals surface area contributed by atoms with Crippen molar-refractivity contribution in [1.29, 1.82) is 0 Å². The van der Waals surface area contributed by atoms with Crippen LogP contribution >= 0.6 is 11.3 Å². The van der Waals surface area contributed by atoms with Gasteiger partial charge in [-0.25, -0.2) is 9.37 Å². The zero-order chi connectivity index (χ0) is 34.3. The standard InChI is InChI=1S/C25H18F3N3O4S.C10H22O/c1-12-29-17-8-9-18(34-2)21(22(17)36-12)24(33)31-16-5-3-4-15(26)20(16)23(32)30-14-7-6-13-11-25(27,28)35-19(13)10-14;1-5-6-9(2)7-10(3)8-11-4/h3-10H,11H2,1-2H3,(H,30,32)(H,31,33);9-10H,5-8H2,1-4H3. The van der Waals surface area contributed by atoms with Gasteiger partial charge in [0, 0.05) is 31.0 Å². The smallest absolute Gasteiger partial charge is 0.402 e. The Balaban J connectivity index is 0.000000391. The quantitative estimate of drug-likeness (QED) is 0.165. The molecular formula is C35H40F3N3O5S. The summed E-state index contributed by atoms with van der Waals surface area (Å²) in [5, 5.41) is 5.82. The van der Waals surface area contributed by atoms with Crippen LogP contribution in [0.4, 0.5) is 24.5 Å². The predicted octanol–water partition coefficient (Wildman–Crippen LogP) is 8.88. The van der Waals surface area contributed by atoms with Crippen LogP contribution in [0.2, 0.25) is 0 Å². The van der Waals surface area contributed by atoms with Crippen molar-refractivity contribution in [2.45, 2.75) is 59.5 Å². The number of aryl methyl sites for hydroxylation is 1. The molecule has 0 fully saturated rings. The molecule has 0 saturated carbocycles. The molecule has 2 unspecified atom stereocenters. The summed E-state index contributed by atoms with van der Waals surface area (Å²) in [7, 11) is 3.20. The van der Waals surface area contributed by atoms with Crippen LogP contribution in [0.25, 0.3) is 10.2 Å². The molecule has 4 aromatic rings. The molecule has 12 heteroatoms. The number of anilines is 2. The Bertz CT molecular complexity index is 1720. The molecule has 1 aromatic heterocycles. The predicted molar refractivity (Wildman–Crippen MR) is 179 cm³/mol. The van der Waals surface area contributed by atoms with E-state index in [2.05, 4.69) is 41.1 Å². The summed E-state index contributed by atoms with van der Waals surface area (Å²) in [5.41, 5.74) is 0.714. The fourth-order valence-electron chi connectivity index (χ4n) is 5.65. The summed E-state index contributed by atoms with van der Waals surface area (Å²) in [5.74, 6) is -0.568. The molecule has 0 saturated heterocycles. The molecule has 1 aliphatic rings. The average molecular weight is 672 g/mol. The molecule has 0 radical (unpaired) electrons. The first kappa shape index (κ1) is 35.7. The lowest BCUT2D eigenvalue weighted by Crippen LogP contribution is -2.20. The lowest BCUT2D eigenvalue weighted by molar-refractivity contribution is -0.159. The summed E-state index contributed by atoms with van der Waals surface area (Å²) in [6.07, 6.45) is 0.0701. The molecule has 47 heavy (non-hydrogen) atoms. The fraction of sp³-hybridized carbons (Fsp3) is 0.400. The van der Waals surface area contributed by atoms with E-state index >= 15 is 0 Å². The highest BCUT2D eigenvalue weighted by Gasteiger charge is 2.39. The number of methoxy groups -OCH3 is 2. The Kier molecular flexibility index (Phi) is 11.9. The van der Waals surface area contributed by atoms with Gasteiger partial charge in [-0.1, -0.05) is 45.7 Å². The van der Waals surface area contributed by atoms with Crippen LogP contribution in [0.1, 0.15) is 71.3 Å². The Labute approximate surface area is 276 Å². The molecule has 3 aromatic carbocycles. The van der Waals surface area contributed by atoms with Gasteiger partial charge in [-0.2, -0.15) is 8.78 Å². The summed E-state index contributed by atoms with van der Waals surface area (Å²) in [4.78, 5) is 30.7. The summed E-state index contributed by atoms with van der Waals surface area (Å²) < 4.78 is 57.4. The zero-order valence-electron chi connectivity index (χ0n) is 27.3. The topological polar surface area (TPSA) is 98.8 Å². The first-order valence-electron chi connectivity index (χ1n) is 15.4. The van der Waals surface area contributed by atoms with Gasteiger partial charge in [-0.05, 0) is 55.5 Å². The van der Waals surface area contributed by atoms with Gasteiger partial charge >= 0.3 is 6.11 Å². The Morgan fingerprint density at radius 3 is 2.49 bits per heavy atom. The van der Waals surface area contributed by atoms with Crippen molar-refractivity contribution in [2.75, 3.05) is 31.5 Å². The highest BCUT2D eigenvalue weighted by atomic mass is 32.1. The maximum Gasteiger partial charge on any atom is 0.402 e. The number of nitrogens with one attached hydrogen (secondary N) is 2. The molecular weight excluding hydrogens is 631 g/mol. The number of halogens is 3. The van der Waals surface area contributed by atoms with Gasteiger partial charge in [-0.3, -0.25) is 9.59 Å². The second-order valence-electron chi connectivity index (χ2n) is 11.7. The van der Waals surface area contributed by atoms with Gasteiger partial charge in [0.25, 0.3) is 11.8 Å². The van der Waals surface area contributed by atoms with Crippen molar-refractivity contribution >= 4 is 44.7 Å². The van der Waals surface area contributed by atoms with Crippen molar-refractivity contribution in [3.05, 3.63) is 76.0 Å². The van der Waals surface area contributed by atoms with Gasteiger partial charge in [0.15, 0.2) is 0 Å². The van der Waals surface area contributed by atoms with E-state index in [0.29, 0.717) is 21.5 Å². The molecule has 8 nitrogen and oxygen atoms in total. The van der Waals surface area contributed by atoms with Crippen LogP contribution in [-0.2, 0) is 11.2 Å².